The van der Waals surface area contributed by atoms with Crippen molar-refractivity contribution in [2.75, 3.05) is 25.6 Å². The lowest BCUT2D eigenvalue weighted by atomic mass is 9.92. The normalized spacial score (nSPS) is 22.7. The molecule has 0 amide bonds. The number of nitrogens with zero attached hydrogens (tertiary/aromatic N) is 4. The lowest BCUT2D eigenvalue weighted by molar-refractivity contribution is -0.146. The molecule has 1 aromatic carbocycles. The zero-order valence-corrected chi connectivity index (χ0v) is 28.0. The number of ether oxygens (including phenoxy) is 3. The van der Waals surface area contributed by atoms with Gasteiger partial charge in [-0.1, -0.05) is 44.9 Å². The van der Waals surface area contributed by atoms with Gasteiger partial charge in [-0.2, -0.15) is 10.4 Å². The first-order chi connectivity index (χ1) is 22.9. The summed E-state index contributed by atoms with van der Waals surface area (Å²) >= 11 is 0. The van der Waals surface area contributed by atoms with Gasteiger partial charge in [0, 0.05) is 0 Å². The number of nitrogens with two attached hydrogens (primary N) is 1. The number of rotatable bonds is 16. The molecule has 1 saturated heterocycles. The quantitative estimate of drug-likeness (QED) is 0.125. The molecule has 1 aliphatic heterocycles. The first kappa shape index (κ1) is 36.9. The van der Waals surface area contributed by atoms with Crippen LogP contribution in [0.4, 0.5) is 5.82 Å². The van der Waals surface area contributed by atoms with E-state index in [9.17, 15) is 29.6 Å². The number of aliphatic hydroxyl groups is 2. The molecule has 1 fully saturated rings. The van der Waals surface area contributed by atoms with Crippen molar-refractivity contribution < 1.29 is 47.6 Å². The largest absolute Gasteiger partial charge is 0.464 e. The van der Waals surface area contributed by atoms with Gasteiger partial charge < -0.3 is 30.2 Å². The third-order valence-electron chi connectivity index (χ3n) is 8.12. The summed E-state index contributed by atoms with van der Waals surface area (Å²) in [7, 11) is -4.48. The number of carbonyl (C=O) groups excluding carboxylic acids is 2. The Bertz CT molecular complexity index is 1680. The van der Waals surface area contributed by atoms with Crippen LogP contribution in [0, 0.1) is 17.2 Å². The Hall–Kier alpha value is -3.94. The molecule has 0 bridgehead atoms. The van der Waals surface area contributed by atoms with Gasteiger partial charge in [-0.15, -0.1) is 0 Å². The van der Waals surface area contributed by atoms with Gasteiger partial charge in [0.05, 0.1) is 37.7 Å². The summed E-state index contributed by atoms with van der Waals surface area (Å²) in [5.41, 5.74) is 4.67. The van der Waals surface area contributed by atoms with Gasteiger partial charge in [-0.25, -0.2) is 23.9 Å². The highest BCUT2D eigenvalue weighted by molar-refractivity contribution is 7.51. The van der Waals surface area contributed by atoms with Gasteiger partial charge in [0.25, 0.3) is 0 Å². The Morgan fingerprint density at radius 3 is 2.58 bits per heavy atom. The summed E-state index contributed by atoms with van der Waals surface area (Å²) in [6.07, 6.45) is -2.15. The van der Waals surface area contributed by atoms with E-state index >= 15 is 0 Å². The van der Waals surface area contributed by atoms with Crippen molar-refractivity contribution in [2.45, 2.75) is 77.1 Å². The number of nitrogen functional groups attached to an aromatic ring is 1. The molecule has 16 nitrogen and oxygen atoms in total. The summed E-state index contributed by atoms with van der Waals surface area (Å²) < 4.78 is 43.3. The molecule has 260 valence electrons. The van der Waals surface area contributed by atoms with E-state index in [4.69, 9.17) is 29.0 Å². The monoisotopic (exact) mass is 688 g/mol. The van der Waals surface area contributed by atoms with Crippen LogP contribution in [-0.2, 0) is 44.8 Å². The molecule has 48 heavy (non-hydrogen) atoms. The van der Waals surface area contributed by atoms with Gasteiger partial charge in [0.15, 0.2) is 5.82 Å². The minimum absolute atomic E-state index is 0.0603. The predicted molar refractivity (Wildman–Crippen MR) is 170 cm³/mol. The number of benzene rings is 1. The molecular weight excluding hydrogens is 647 g/mol. The van der Waals surface area contributed by atoms with Crippen molar-refractivity contribution in [3.05, 3.63) is 59.5 Å². The highest BCUT2D eigenvalue weighted by Gasteiger charge is 2.58. The van der Waals surface area contributed by atoms with E-state index in [2.05, 4.69) is 15.2 Å². The molecule has 0 spiro atoms. The number of aromatic nitrogens is 3. The van der Waals surface area contributed by atoms with E-state index in [0.29, 0.717) is 11.1 Å². The molecule has 1 aliphatic rings. The van der Waals surface area contributed by atoms with E-state index in [1.54, 1.807) is 25.1 Å². The van der Waals surface area contributed by atoms with Crippen molar-refractivity contribution in [3.8, 4) is 6.07 Å². The average Bonchev–Trinajstić information content (AvgIpc) is 3.63. The third-order valence-corrected chi connectivity index (χ3v) is 9.78. The fourth-order valence-corrected chi connectivity index (χ4v) is 6.64. The zero-order chi connectivity index (χ0) is 35.1. The lowest BCUT2D eigenvalue weighted by Crippen LogP contribution is -2.41. The zero-order valence-electron chi connectivity index (χ0n) is 27.1. The fourth-order valence-electron chi connectivity index (χ4n) is 5.18. The van der Waals surface area contributed by atoms with E-state index in [0.717, 1.165) is 19.2 Å². The molecule has 0 aliphatic carbocycles. The van der Waals surface area contributed by atoms with E-state index in [-0.39, 0.29) is 36.2 Å². The van der Waals surface area contributed by atoms with Gasteiger partial charge in [-0.3, -0.25) is 13.8 Å². The van der Waals surface area contributed by atoms with Gasteiger partial charge in [0.2, 0.25) is 5.60 Å². The Balaban J connectivity index is 1.57. The van der Waals surface area contributed by atoms with E-state index in [1.807, 2.05) is 19.9 Å². The molecule has 2 aromatic heterocycles. The van der Waals surface area contributed by atoms with Crippen LogP contribution in [0.1, 0.15) is 62.2 Å². The van der Waals surface area contributed by atoms with E-state index in [1.165, 1.54) is 29.6 Å². The number of nitrogens with one attached hydrogen (secondary N) is 1. The number of carbonyl (C=O) groups is 2. The molecule has 5 N–H and O–H groups in total. The van der Waals surface area contributed by atoms with Crippen LogP contribution in [0.5, 0.6) is 0 Å². The van der Waals surface area contributed by atoms with Crippen LogP contribution in [-0.4, -0.2) is 80.9 Å². The topological polar surface area (TPSA) is 230 Å². The van der Waals surface area contributed by atoms with Gasteiger partial charge in [0.1, 0.15) is 42.3 Å². The second kappa shape index (κ2) is 16.0. The predicted octanol–water partition coefficient (Wildman–Crippen LogP) is 2.63. The summed E-state index contributed by atoms with van der Waals surface area (Å²) in [6, 6.07) is 10.1. The molecule has 17 heteroatoms. The minimum atomic E-state index is -4.48. The Morgan fingerprint density at radius 1 is 1.17 bits per heavy atom. The van der Waals surface area contributed by atoms with Crippen molar-refractivity contribution in [1.29, 1.82) is 5.26 Å². The van der Waals surface area contributed by atoms with Crippen molar-refractivity contribution >= 4 is 31.0 Å². The minimum Gasteiger partial charge on any atom is -0.464 e. The van der Waals surface area contributed by atoms with E-state index < -0.39 is 62.9 Å². The maximum Gasteiger partial charge on any atom is 0.406 e. The smallest absolute Gasteiger partial charge is 0.406 e. The second-order valence-corrected chi connectivity index (χ2v) is 13.0. The molecule has 1 unspecified atom stereocenters. The second-order valence-electron chi connectivity index (χ2n) is 11.2. The lowest BCUT2D eigenvalue weighted by Gasteiger charge is -2.25. The van der Waals surface area contributed by atoms with Gasteiger partial charge in [-0.05, 0) is 43.5 Å². The average molecular weight is 689 g/mol. The first-order valence-electron chi connectivity index (χ1n) is 15.6. The number of aliphatic hydroxyl groups excluding tert-OH is 2. The van der Waals surface area contributed by atoms with Crippen LogP contribution in [0.15, 0.2) is 42.7 Å². The summed E-state index contributed by atoms with van der Waals surface area (Å²) in [6.45, 7) is 6.25. The fraction of sp³-hybridized carbons (Fsp3) is 0.516. The maximum absolute atomic E-state index is 14.2. The molecule has 0 saturated carbocycles. The van der Waals surface area contributed by atoms with Crippen LogP contribution in [0.25, 0.3) is 5.52 Å². The van der Waals surface area contributed by atoms with Gasteiger partial charge >= 0.3 is 19.7 Å². The number of fused-ring (bicyclic) bond motifs is 1. The summed E-state index contributed by atoms with van der Waals surface area (Å²) in [5, 5.41) is 39.0. The molecule has 3 heterocycles. The van der Waals surface area contributed by atoms with Crippen LogP contribution in [0.3, 0.4) is 0 Å². The first-order valence-corrected chi connectivity index (χ1v) is 17.1. The molecule has 0 radical (unpaired) electrons. The van der Waals surface area contributed by atoms with Crippen molar-refractivity contribution in [2.24, 2.45) is 5.92 Å². The number of hydrogen-bond acceptors (Lipinski definition) is 14. The Labute approximate surface area is 277 Å². The highest BCUT2D eigenvalue weighted by atomic mass is 31.2. The molecular formula is C31H41N6O10P. The summed E-state index contributed by atoms with van der Waals surface area (Å²) in [4.78, 5) is 29.3. The third kappa shape index (κ3) is 7.85. The Kier molecular flexibility index (Phi) is 12.3. The Morgan fingerprint density at radius 2 is 1.90 bits per heavy atom. The van der Waals surface area contributed by atoms with Crippen molar-refractivity contribution in [1.82, 2.24) is 19.7 Å². The van der Waals surface area contributed by atoms with Crippen LogP contribution >= 0.6 is 7.75 Å². The SMILES string of the molecule is CCOC(=O)c1ccccc1COP(=O)(N[C@@H](C)C(=O)OCC(CC)CC)OC[C@H]1O[C@@](C#N)(c2ccc3c(N)ncnn23)[C@H](O)[C@@H]1O. The van der Waals surface area contributed by atoms with Crippen LogP contribution in [0.2, 0.25) is 0 Å². The van der Waals surface area contributed by atoms with Crippen LogP contribution < -0.4 is 10.8 Å². The maximum atomic E-state index is 14.2. The number of esters is 2. The molecule has 3 aromatic rings. The van der Waals surface area contributed by atoms with Crippen molar-refractivity contribution in [3.63, 3.8) is 0 Å². The highest BCUT2D eigenvalue weighted by Crippen LogP contribution is 2.48. The standard InChI is InChI=1S/C31H41N6O10P/c1-5-20(6-2)14-44-29(40)19(4)36-48(42,45-15-21-10-8-9-11-22(21)30(41)43-7-3)46-16-24-26(38)27(39)31(17-32,47-24)25-13-12-23-28(33)34-18-35-37(23)25/h8-13,18-20,24,26-27,38-39H,5-7,14-16H2,1-4H3,(H,36,42)(H2,33,34,35)/t19-,24+,26+,27+,31-,48?/m0/s1. The number of nitriles is 1. The molecule has 4 rings (SSSR count). The summed E-state index contributed by atoms with van der Waals surface area (Å²) in [5.74, 6) is -1.07. The number of hydrogen-bond donors (Lipinski definition) is 4. The molecule has 6 atom stereocenters. The number of anilines is 1.